The van der Waals surface area contributed by atoms with Crippen molar-refractivity contribution in [3.05, 3.63) is 107 Å². The summed E-state index contributed by atoms with van der Waals surface area (Å²) in [4.78, 5) is 15.1. The fourth-order valence-electron chi connectivity index (χ4n) is 4.25. The number of hydrogen-bond donors (Lipinski definition) is 0. The molecule has 0 N–H and O–H groups in total. The highest BCUT2D eigenvalue weighted by atomic mass is 16.5. The summed E-state index contributed by atoms with van der Waals surface area (Å²) in [6.45, 7) is 0.515. The third-order valence-corrected chi connectivity index (χ3v) is 5.85. The summed E-state index contributed by atoms with van der Waals surface area (Å²) >= 11 is 0. The van der Waals surface area contributed by atoms with Crippen molar-refractivity contribution in [2.75, 3.05) is 12.0 Å². The normalized spacial score (nSPS) is 12.3. The maximum absolute atomic E-state index is 13.2. The number of ether oxygens (including phenoxy) is 1. The van der Waals surface area contributed by atoms with E-state index in [1.54, 1.807) is 7.11 Å². The number of rotatable bonds is 5. The first-order valence-corrected chi connectivity index (χ1v) is 10.2. The Kier molecular flexibility index (Phi) is 4.65. The molecular weight excluding hydrogens is 384 g/mol. The molecule has 0 bridgehead atoms. The lowest BCUT2D eigenvalue weighted by atomic mass is 9.95. The van der Waals surface area contributed by atoms with Gasteiger partial charge in [-0.25, -0.2) is 0 Å². The van der Waals surface area contributed by atoms with Crippen LogP contribution in [-0.2, 0) is 13.0 Å². The average Bonchev–Trinajstić information content (AvgIpc) is 3.09. The van der Waals surface area contributed by atoms with E-state index in [1.165, 1.54) is 5.56 Å². The Morgan fingerprint density at radius 2 is 1.65 bits per heavy atom. The Labute approximate surface area is 180 Å². The van der Waals surface area contributed by atoms with Gasteiger partial charge in [-0.3, -0.25) is 4.79 Å². The fraction of sp³-hybridized carbons (Fsp3) is 0.111. The van der Waals surface area contributed by atoms with Crippen molar-refractivity contribution >= 4 is 22.4 Å². The van der Waals surface area contributed by atoms with Crippen LogP contribution in [0.1, 0.15) is 32.6 Å². The fourth-order valence-corrected chi connectivity index (χ4v) is 4.25. The number of hydrogen-bond acceptors (Lipinski definition) is 3. The minimum Gasteiger partial charge on any atom is -0.497 e. The number of benzene rings is 4. The van der Waals surface area contributed by atoms with Gasteiger partial charge in [0.25, 0.3) is 5.91 Å². The van der Waals surface area contributed by atoms with E-state index in [-0.39, 0.29) is 5.91 Å². The van der Waals surface area contributed by atoms with Crippen molar-refractivity contribution < 1.29 is 9.53 Å². The molecule has 150 valence electrons. The van der Waals surface area contributed by atoms with Crippen LogP contribution in [0.3, 0.4) is 0 Å². The van der Waals surface area contributed by atoms with E-state index in [9.17, 15) is 4.79 Å². The lowest BCUT2D eigenvalue weighted by molar-refractivity contribution is 0.0991. The van der Waals surface area contributed by atoms with Crippen LogP contribution in [0.4, 0.5) is 5.69 Å². The summed E-state index contributed by atoms with van der Waals surface area (Å²) in [6, 6.07) is 27.8. The van der Waals surface area contributed by atoms with Gasteiger partial charge >= 0.3 is 0 Å². The zero-order chi connectivity index (χ0) is 21.4. The maximum atomic E-state index is 13.2. The summed E-state index contributed by atoms with van der Waals surface area (Å²) < 4.78 is 5.24. The van der Waals surface area contributed by atoms with Crippen LogP contribution < -0.4 is 9.64 Å². The van der Waals surface area contributed by atoms with Gasteiger partial charge in [-0.2, -0.15) is 5.26 Å². The van der Waals surface area contributed by atoms with Crippen molar-refractivity contribution in [3.63, 3.8) is 0 Å². The summed E-state index contributed by atoms with van der Waals surface area (Å²) in [5, 5.41) is 11.1. The summed E-state index contributed by atoms with van der Waals surface area (Å²) in [5.74, 6) is 0.835. The van der Waals surface area contributed by atoms with Gasteiger partial charge in [-0.1, -0.05) is 42.5 Å². The van der Waals surface area contributed by atoms with E-state index in [0.717, 1.165) is 45.3 Å². The maximum Gasteiger partial charge on any atom is 0.259 e. The number of carbonyl (C=O) groups excluding carboxylic acids is 1. The van der Waals surface area contributed by atoms with Crippen LogP contribution in [0.25, 0.3) is 10.8 Å². The number of nitriles is 1. The molecule has 0 saturated heterocycles. The third-order valence-electron chi connectivity index (χ3n) is 5.85. The van der Waals surface area contributed by atoms with Gasteiger partial charge in [-0.05, 0) is 64.9 Å². The number of amides is 1. The van der Waals surface area contributed by atoms with Gasteiger partial charge in [-0.15, -0.1) is 0 Å². The Morgan fingerprint density at radius 1 is 0.903 bits per heavy atom. The molecule has 0 atom stereocenters. The molecule has 1 heterocycles. The van der Waals surface area contributed by atoms with E-state index in [1.807, 2.05) is 71.6 Å². The largest absolute Gasteiger partial charge is 0.497 e. The standard InChI is InChI=1S/C27H20N2O2/c1-31-22-12-9-20(10-13-22)17-29-25-4-2-3-23-21(11-14-24(26(23)25)27(29)30)15-18-5-7-19(16-28)8-6-18/h2-14H,15,17H2,1H3. The molecule has 0 aliphatic carbocycles. The third kappa shape index (κ3) is 3.31. The zero-order valence-electron chi connectivity index (χ0n) is 17.1. The van der Waals surface area contributed by atoms with Crippen LogP contribution >= 0.6 is 0 Å². The van der Waals surface area contributed by atoms with E-state index in [2.05, 4.69) is 18.2 Å². The zero-order valence-corrected chi connectivity index (χ0v) is 17.1. The van der Waals surface area contributed by atoms with Gasteiger partial charge in [0.2, 0.25) is 0 Å². The first-order chi connectivity index (χ1) is 15.2. The summed E-state index contributed by atoms with van der Waals surface area (Å²) in [7, 11) is 1.64. The SMILES string of the molecule is COc1ccc(CN2C(=O)c3ccc(Cc4ccc(C#N)cc4)c4cccc2c34)cc1. The Hall–Kier alpha value is -4.10. The molecule has 0 fully saturated rings. The van der Waals surface area contributed by atoms with Crippen molar-refractivity contribution in [1.82, 2.24) is 0 Å². The molecule has 0 radical (unpaired) electrons. The number of anilines is 1. The van der Waals surface area contributed by atoms with Gasteiger partial charge in [0, 0.05) is 10.9 Å². The quantitative estimate of drug-likeness (QED) is 0.443. The molecule has 4 nitrogen and oxygen atoms in total. The van der Waals surface area contributed by atoms with Gasteiger partial charge in [0.15, 0.2) is 0 Å². The van der Waals surface area contributed by atoms with Gasteiger partial charge < -0.3 is 9.64 Å². The van der Waals surface area contributed by atoms with Crippen LogP contribution in [0.5, 0.6) is 5.75 Å². The molecule has 1 aliphatic heterocycles. The molecule has 0 unspecified atom stereocenters. The number of carbonyl (C=O) groups is 1. The highest BCUT2D eigenvalue weighted by molar-refractivity contribution is 6.25. The molecule has 31 heavy (non-hydrogen) atoms. The van der Waals surface area contributed by atoms with Crippen LogP contribution in [-0.4, -0.2) is 13.0 Å². The van der Waals surface area contributed by atoms with E-state index < -0.39 is 0 Å². The minimum atomic E-state index is 0.0342. The topological polar surface area (TPSA) is 53.3 Å². The molecule has 4 aromatic carbocycles. The van der Waals surface area contributed by atoms with Crippen molar-refractivity contribution in [2.24, 2.45) is 0 Å². The molecule has 4 aromatic rings. The molecule has 0 aromatic heterocycles. The van der Waals surface area contributed by atoms with E-state index >= 15 is 0 Å². The first-order valence-electron chi connectivity index (χ1n) is 10.2. The summed E-state index contributed by atoms with van der Waals surface area (Å²) in [5.41, 5.74) is 5.72. The Morgan fingerprint density at radius 3 is 2.35 bits per heavy atom. The molecule has 1 aliphatic rings. The Balaban J connectivity index is 1.51. The molecular formula is C27H20N2O2. The smallest absolute Gasteiger partial charge is 0.259 e. The number of nitrogens with zero attached hydrogens (tertiary/aromatic N) is 2. The van der Waals surface area contributed by atoms with Gasteiger partial charge in [0.05, 0.1) is 31.0 Å². The lowest BCUT2D eigenvalue weighted by Crippen LogP contribution is -2.25. The second-order valence-corrected chi connectivity index (χ2v) is 7.70. The molecule has 1 amide bonds. The first kappa shape index (κ1) is 18.9. The van der Waals surface area contributed by atoms with Crippen molar-refractivity contribution in [1.29, 1.82) is 5.26 Å². The van der Waals surface area contributed by atoms with Crippen LogP contribution in [0.2, 0.25) is 0 Å². The molecule has 0 saturated carbocycles. The van der Waals surface area contributed by atoms with E-state index in [4.69, 9.17) is 10.00 Å². The lowest BCUT2D eigenvalue weighted by Gasteiger charge is -2.18. The predicted octanol–water partition coefficient (Wildman–Crippen LogP) is 5.47. The molecule has 4 heteroatoms. The van der Waals surface area contributed by atoms with Crippen molar-refractivity contribution in [2.45, 2.75) is 13.0 Å². The molecule has 0 spiro atoms. The van der Waals surface area contributed by atoms with E-state index in [0.29, 0.717) is 12.1 Å². The second kappa shape index (κ2) is 7.62. The predicted molar refractivity (Wildman–Crippen MR) is 121 cm³/mol. The molecule has 5 rings (SSSR count). The highest BCUT2D eigenvalue weighted by Crippen LogP contribution is 2.40. The Bertz CT molecular complexity index is 1330. The van der Waals surface area contributed by atoms with Crippen LogP contribution in [0, 0.1) is 11.3 Å². The van der Waals surface area contributed by atoms with Crippen molar-refractivity contribution in [3.8, 4) is 11.8 Å². The number of methoxy groups -OCH3 is 1. The average molecular weight is 404 g/mol. The highest BCUT2D eigenvalue weighted by Gasteiger charge is 2.30. The monoisotopic (exact) mass is 404 g/mol. The second-order valence-electron chi connectivity index (χ2n) is 7.70. The van der Waals surface area contributed by atoms with Gasteiger partial charge in [0.1, 0.15) is 5.75 Å². The summed E-state index contributed by atoms with van der Waals surface area (Å²) in [6.07, 6.45) is 0.749. The van der Waals surface area contributed by atoms with Crippen LogP contribution in [0.15, 0.2) is 78.9 Å². The minimum absolute atomic E-state index is 0.0342.